The van der Waals surface area contributed by atoms with E-state index in [9.17, 15) is 14.0 Å². The topological polar surface area (TPSA) is 66.4 Å². The molecule has 0 aliphatic heterocycles. The van der Waals surface area contributed by atoms with E-state index in [4.69, 9.17) is 5.11 Å². The molecule has 0 radical (unpaired) electrons. The van der Waals surface area contributed by atoms with Crippen LogP contribution in [-0.4, -0.2) is 22.5 Å². The highest BCUT2D eigenvalue weighted by molar-refractivity contribution is 5.96. The largest absolute Gasteiger partial charge is 0.478 e. The average molecular weight is 279 g/mol. The minimum atomic E-state index is -1.21. The third-order valence-electron chi connectivity index (χ3n) is 3.83. The van der Waals surface area contributed by atoms with Crippen LogP contribution in [0.25, 0.3) is 0 Å². The number of halogens is 1. The maximum atomic E-state index is 13.8. The number of amides is 1. The Kier molecular flexibility index (Phi) is 4.06. The van der Waals surface area contributed by atoms with E-state index in [1.807, 2.05) is 6.92 Å². The van der Waals surface area contributed by atoms with Gasteiger partial charge in [0.25, 0.3) is 5.91 Å². The van der Waals surface area contributed by atoms with Gasteiger partial charge < -0.3 is 10.4 Å². The van der Waals surface area contributed by atoms with Crippen LogP contribution in [0.5, 0.6) is 0 Å². The Labute approximate surface area is 117 Å². The molecule has 0 bridgehead atoms. The summed E-state index contributed by atoms with van der Waals surface area (Å²) in [6.07, 6.45) is 5.03. The SMILES string of the molecule is CC1(NC(=O)c2ccc(C(=O)O)cc2F)CCCCC1. The van der Waals surface area contributed by atoms with E-state index in [0.29, 0.717) is 0 Å². The molecule has 108 valence electrons. The second kappa shape index (κ2) is 5.61. The summed E-state index contributed by atoms with van der Waals surface area (Å²) in [5.41, 5.74) is -0.572. The lowest BCUT2D eigenvalue weighted by molar-refractivity contribution is 0.0695. The summed E-state index contributed by atoms with van der Waals surface area (Å²) in [7, 11) is 0. The predicted molar refractivity (Wildman–Crippen MR) is 72.3 cm³/mol. The fourth-order valence-electron chi connectivity index (χ4n) is 2.63. The molecule has 1 aromatic rings. The van der Waals surface area contributed by atoms with E-state index < -0.39 is 17.7 Å². The third-order valence-corrected chi connectivity index (χ3v) is 3.83. The zero-order valence-corrected chi connectivity index (χ0v) is 11.4. The fraction of sp³-hybridized carbons (Fsp3) is 0.467. The van der Waals surface area contributed by atoms with Gasteiger partial charge >= 0.3 is 5.97 Å². The molecule has 4 nitrogen and oxygen atoms in total. The van der Waals surface area contributed by atoms with Gasteiger partial charge in [0.1, 0.15) is 5.82 Å². The summed E-state index contributed by atoms with van der Waals surface area (Å²) in [5, 5.41) is 11.6. The van der Waals surface area contributed by atoms with Crippen LogP contribution in [0.4, 0.5) is 4.39 Å². The first-order valence-corrected chi connectivity index (χ1v) is 6.77. The van der Waals surface area contributed by atoms with Crippen LogP contribution in [0.15, 0.2) is 18.2 Å². The summed E-state index contributed by atoms with van der Waals surface area (Å²) in [5.74, 6) is -2.50. The van der Waals surface area contributed by atoms with Gasteiger partial charge in [0.2, 0.25) is 0 Å². The third kappa shape index (κ3) is 3.15. The molecule has 0 spiro atoms. The molecule has 0 aromatic heterocycles. The summed E-state index contributed by atoms with van der Waals surface area (Å²) in [4.78, 5) is 22.9. The van der Waals surface area contributed by atoms with Crippen LogP contribution in [0, 0.1) is 5.82 Å². The number of benzene rings is 1. The van der Waals surface area contributed by atoms with E-state index in [1.165, 1.54) is 12.1 Å². The Morgan fingerprint density at radius 1 is 1.25 bits per heavy atom. The Morgan fingerprint density at radius 3 is 2.45 bits per heavy atom. The van der Waals surface area contributed by atoms with E-state index in [1.54, 1.807) is 0 Å². The number of carboxylic acids is 1. The summed E-state index contributed by atoms with van der Waals surface area (Å²) in [6.45, 7) is 1.97. The normalized spacial score (nSPS) is 17.5. The molecule has 1 fully saturated rings. The van der Waals surface area contributed by atoms with Crippen molar-refractivity contribution in [3.63, 3.8) is 0 Å². The molecule has 2 rings (SSSR count). The Hall–Kier alpha value is -1.91. The molecule has 0 heterocycles. The van der Waals surface area contributed by atoms with Crippen LogP contribution in [0.3, 0.4) is 0 Å². The van der Waals surface area contributed by atoms with E-state index in [0.717, 1.165) is 38.2 Å². The number of hydrogen-bond acceptors (Lipinski definition) is 2. The van der Waals surface area contributed by atoms with Crippen molar-refractivity contribution in [3.8, 4) is 0 Å². The number of carbonyl (C=O) groups is 2. The summed E-state index contributed by atoms with van der Waals surface area (Å²) >= 11 is 0. The first-order chi connectivity index (χ1) is 9.41. The molecule has 20 heavy (non-hydrogen) atoms. The molecular formula is C15H18FNO3. The minimum absolute atomic E-state index is 0.109. The molecule has 0 saturated heterocycles. The second-order valence-corrected chi connectivity index (χ2v) is 5.58. The number of rotatable bonds is 3. The van der Waals surface area contributed by atoms with Crippen LogP contribution >= 0.6 is 0 Å². The highest BCUT2D eigenvalue weighted by Crippen LogP contribution is 2.28. The molecule has 1 saturated carbocycles. The number of hydrogen-bond donors (Lipinski definition) is 2. The van der Waals surface area contributed by atoms with Gasteiger partial charge in [-0.1, -0.05) is 19.3 Å². The summed E-state index contributed by atoms with van der Waals surface area (Å²) < 4.78 is 13.8. The van der Waals surface area contributed by atoms with Gasteiger partial charge in [-0.05, 0) is 38.0 Å². The minimum Gasteiger partial charge on any atom is -0.478 e. The van der Waals surface area contributed by atoms with Crippen molar-refractivity contribution in [3.05, 3.63) is 35.1 Å². The molecular weight excluding hydrogens is 261 g/mol. The first-order valence-electron chi connectivity index (χ1n) is 6.77. The Bertz CT molecular complexity index is 536. The Morgan fingerprint density at radius 2 is 1.90 bits per heavy atom. The molecule has 1 aliphatic rings. The van der Waals surface area contributed by atoms with Gasteiger partial charge in [-0.25, -0.2) is 9.18 Å². The van der Waals surface area contributed by atoms with Crippen LogP contribution in [-0.2, 0) is 0 Å². The molecule has 1 amide bonds. The fourth-order valence-corrected chi connectivity index (χ4v) is 2.63. The number of carbonyl (C=O) groups excluding carboxylic acids is 1. The van der Waals surface area contributed by atoms with Gasteiger partial charge in [0.05, 0.1) is 11.1 Å². The highest BCUT2D eigenvalue weighted by atomic mass is 19.1. The van der Waals surface area contributed by atoms with Gasteiger partial charge in [-0.3, -0.25) is 4.79 Å². The van der Waals surface area contributed by atoms with E-state index in [-0.39, 0.29) is 16.7 Å². The lowest BCUT2D eigenvalue weighted by atomic mass is 9.83. The predicted octanol–water partition coefficient (Wildman–Crippen LogP) is 2.98. The molecule has 1 aliphatic carbocycles. The maximum absolute atomic E-state index is 13.8. The maximum Gasteiger partial charge on any atom is 0.335 e. The van der Waals surface area contributed by atoms with Crippen molar-refractivity contribution in [2.24, 2.45) is 0 Å². The van der Waals surface area contributed by atoms with E-state index >= 15 is 0 Å². The van der Waals surface area contributed by atoms with Crippen molar-refractivity contribution >= 4 is 11.9 Å². The molecule has 2 N–H and O–H groups in total. The highest BCUT2D eigenvalue weighted by Gasteiger charge is 2.29. The van der Waals surface area contributed by atoms with Gasteiger partial charge in [-0.15, -0.1) is 0 Å². The van der Waals surface area contributed by atoms with Crippen molar-refractivity contribution in [1.82, 2.24) is 5.32 Å². The van der Waals surface area contributed by atoms with Crippen molar-refractivity contribution in [1.29, 1.82) is 0 Å². The van der Waals surface area contributed by atoms with Crippen LogP contribution in [0.1, 0.15) is 59.7 Å². The zero-order valence-electron chi connectivity index (χ0n) is 11.4. The molecule has 1 aromatic carbocycles. The van der Waals surface area contributed by atoms with Crippen LogP contribution in [0.2, 0.25) is 0 Å². The van der Waals surface area contributed by atoms with E-state index in [2.05, 4.69) is 5.32 Å². The Balaban J connectivity index is 2.15. The van der Waals surface area contributed by atoms with Crippen molar-refractivity contribution in [2.75, 3.05) is 0 Å². The van der Waals surface area contributed by atoms with Gasteiger partial charge in [0, 0.05) is 5.54 Å². The smallest absolute Gasteiger partial charge is 0.335 e. The number of nitrogens with one attached hydrogen (secondary N) is 1. The lowest BCUT2D eigenvalue weighted by Gasteiger charge is -2.34. The van der Waals surface area contributed by atoms with Crippen molar-refractivity contribution in [2.45, 2.75) is 44.6 Å². The number of carboxylic acid groups (broad SMARTS) is 1. The lowest BCUT2D eigenvalue weighted by Crippen LogP contribution is -2.47. The standard InChI is InChI=1S/C15H18FNO3/c1-15(7-3-2-4-8-15)17-13(18)11-6-5-10(14(19)20)9-12(11)16/h5-6,9H,2-4,7-8H2,1H3,(H,17,18)(H,19,20). The molecule has 0 unspecified atom stereocenters. The van der Waals surface area contributed by atoms with Gasteiger partial charge in [-0.2, -0.15) is 0 Å². The molecule has 5 heteroatoms. The van der Waals surface area contributed by atoms with Crippen molar-refractivity contribution < 1.29 is 19.1 Å². The van der Waals surface area contributed by atoms with Gasteiger partial charge in [0.15, 0.2) is 0 Å². The molecule has 0 atom stereocenters. The average Bonchev–Trinajstić information content (AvgIpc) is 2.38. The van der Waals surface area contributed by atoms with Crippen LogP contribution < -0.4 is 5.32 Å². The zero-order chi connectivity index (χ0) is 14.8. The second-order valence-electron chi connectivity index (χ2n) is 5.58. The monoisotopic (exact) mass is 279 g/mol. The number of aromatic carboxylic acids is 1. The first kappa shape index (κ1) is 14.5. The summed E-state index contributed by atoms with van der Waals surface area (Å²) in [6, 6.07) is 3.34. The quantitative estimate of drug-likeness (QED) is 0.894.